The zero-order chi connectivity index (χ0) is 11.8. The number of piperidine rings is 1. The third-order valence-electron chi connectivity index (χ3n) is 2.86. The van der Waals surface area contributed by atoms with Crippen molar-refractivity contribution in [3.63, 3.8) is 0 Å². The highest BCUT2D eigenvalue weighted by atomic mass is 19.4. The summed E-state index contributed by atoms with van der Waals surface area (Å²) in [5.74, 6) is -0.886. The summed E-state index contributed by atoms with van der Waals surface area (Å²) in [6.07, 6.45) is -4.34. The molecule has 0 N–H and O–H groups in total. The van der Waals surface area contributed by atoms with Crippen molar-refractivity contribution in [2.24, 2.45) is 11.8 Å². The van der Waals surface area contributed by atoms with Crippen molar-refractivity contribution in [2.75, 3.05) is 13.1 Å². The van der Waals surface area contributed by atoms with Crippen LogP contribution >= 0.6 is 0 Å². The average molecular weight is 221 g/mol. The fourth-order valence-corrected chi connectivity index (χ4v) is 1.67. The number of carbonyl (C=O) groups excluding carboxylic acids is 1. The second-order valence-electron chi connectivity index (χ2n) is 4.05. The standard InChI is InChI=1S/C10H14F3NO/c1-6-4-14(5-10(11,12)13)9(15)8(3)7(6)2/h7-8H,1,4-5H2,2-3H3. The van der Waals surface area contributed by atoms with Crippen LogP contribution in [0.2, 0.25) is 0 Å². The van der Waals surface area contributed by atoms with Gasteiger partial charge in [0, 0.05) is 12.5 Å². The Kier molecular flexibility index (Phi) is 3.11. The molecule has 1 aliphatic heterocycles. The maximum Gasteiger partial charge on any atom is 0.406 e. The molecule has 0 spiro atoms. The van der Waals surface area contributed by atoms with Crippen molar-refractivity contribution in [3.05, 3.63) is 12.2 Å². The van der Waals surface area contributed by atoms with Gasteiger partial charge in [0.25, 0.3) is 0 Å². The summed E-state index contributed by atoms with van der Waals surface area (Å²) >= 11 is 0. The molecule has 0 saturated carbocycles. The molecule has 86 valence electrons. The lowest BCUT2D eigenvalue weighted by Crippen LogP contribution is -2.48. The normalized spacial score (nSPS) is 28.5. The molecule has 2 nitrogen and oxygen atoms in total. The number of likely N-dealkylation sites (tertiary alicyclic amines) is 1. The van der Waals surface area contributed by atoms with E-state index in [0.717, 1.165) is 4.90 Å². The minimum Gasteiger partial charge on any atom is -0.329 e. The first kappa shape index (κ1) is 12.1. The molecule has 0 aliphatic carbocycles. The molecule has 0 aromatic rings. The van der Waals surface area contributed by atoms with Gasteiger partial charge in [-0.15, -0.1) is 0 Å². The average Bonchev–Trinajstić information content (AvgIpc) is 2.08. The van der Waals surface area contributed by atoms with Crippen LogP contribution in [0.1, 0.15) is 13.8 Å². The van der Waals surface area contributed by atoms with E-state index in [0.29, 0.717) is 5.57 Å². The number of alkyl halides is 3. The molecule has 0 bridgehead atoms. The van der Waals surface area contributed by atoms with Crippen molar-refractivity contribution in [3.8, 4) is 0 Å². The van der Waals surface area contributed by atoms with Gasteiger partial charge >= 0.3 is 6.18 Å². The van der Waals surface area contributed by atoms with E-state index in [1.54, 1.807) is 6.92 Å². The van der Waals surface area contributed by atoms with Crippen LogP contribution in [0, 0.1) is 11.8 Å². The Morgan fingerprint density at radius 2 is 1.93 bits per heavy atom. The van der Waals surface area contributed by atoms with Crippen LogP contribution < -0.4 is 0 Å². The van der Waals surface area contributed by atoms with Crippen molar-refractivity contribution >= 4 is 5.91 Å². The van der Waals surface area contributed by atoms with Gasteiger partial charge in [-0.3, -0.25) is 4.79 Å². The van der Waals surface area contributed by atoms with Crippen LogP contribution in [0.5, 0.6) is 0 Å². The molecular formula is C10H14F3NO. The predicted octanol–water partition coefficient (Wildman–Crippen LogP) is 2.22. The van der Waals surface area contributed by atoms with E-state index < -0.39 is 24.5 Å². The van der Waals surface area contributed by atoms with E-state index in [2.05, 4.69) is 6.58 Å². The summed E-state index contributed by atoms with van der Waals surface area (Å²) in [6.45, 7) is 5.99. The summed E-state index contributed by atoms with van der Waals surface area (Å²) in [5.41, 5.74) is 0.686. The lowest BCUT2D eigenvalue weighted by Gasteiger charge is -2.36. The number of nitrogens with zero attached hydrogens (tertiary/aromatic N) is 1. The van der Waals surface area contributed by atoms with Crippen LogP contribution in [0.4, 0.5) is 13.2 Å². The van der Waals surface area contributed by atoms with Crippen LogP contribution in [-0.4, -0.2) is 30.1 Å². The molecule has 15 heavy (non-hydrogen) atoms. The van der Waals surface area contributed by atoms with Crippen molar-refractivity contribution < 1.29 is 18.0 Å². The predicted molar refractivity (Wildman–Crippen MR) is 50.1 cm³/mol. The SMILES string of the molecule is C=C1CN(CC(F)(F)F)C(=O)C(C)C1C. The third-order valence-corrected chi connectivity index (χ3v) is 2.86. The van der Waals surface area contributed by atoms with Crippen LogP contribution in [-0.2, 0) is 4.79 Å². The molecule has 1 amide bonds. The highest BCUT2D eigenvalue weighted by molar-refractivity contribution is 5.80. The van der Waals surface area contributed by atoms with Gasteiger partial charge in [-0.05, 0) is 5.92 Å². The smallest absolute Gasteiger partial charge is 0.329 e. The van der Waals surface area contributed by atoms with Gasteiger partial charge in [-0.1, -0.05) is 26.0 Å². The van der Waals surface area contributed by atoms with Crippen molar-refractivity contribution in [1.29, 1.82) is 0 Å². The molecular weight excluding hydrogens is 207 g/mol. The highest BCUT2D eigenvalue weighted by Crippen LogP contribution is 2.29. The van der Waals surface area contributed by atoms with E-state index in [4.69, 9.17) is 0 Å². The van der Waals surface area contributed by atoms with Crippen molar-refractivity contribution in [1.82, 2.24) is 4.90 Å². The van der Waals surface area contributed by atoms with E-state index in [-0.39, 0.29) is 12.5 Å². The molecule has 2 atom stereocenters. The lowest BCUT2D eigenvalue weighted by atomic mass is 9.84. The van der Waals surface area contributed by atoms with Crippen LogP contribution in [0.3, 0.4) is 0 Å². The number of halogens is 3. The molecule has 1 saturated heterocycles. The van der Waals surface area contributed by atoms with E-state index in [1.807, 2.05) is 6.92 Å². The van der Waals surface area contributed by atoms with E-state index in [9.17, 15) is 18.0 Å². The molecule has 0 radical (unpaired) electrons. The molecule has 2 unspecified atom stereocenters. The molecule has 1 rings (SSSR count). The Hall–Kier alpha value is -1.00. The third kappa shape index (κ3) is 2.73. The first-order valence-electron chi connectivity index (χ1n) is 4.75. The number of hydrogen-bond donors (Lipinski definition) is 0. The topological polar surface area (TPSA) is 20.3 Å². The minimum atomic E-state index is -4.34. The number of carbonyl (C=O) groups is 1. The van der Waals surface area contributed by atoms with Gasteiger partial charge in [0.2, 0.25) is 5.91 Å². The Morgan fingerprint density at radius 3 is 2.40 bits per heavy atom. The summed E-state index contributed by atoms with van der Waals surface area (Å²) in [6, 6.07) is 0. The maximum absolute atomic E-state index is 12.1. The summed E-state index contributed by atoms with van der Waals surface area (Å²) in [7, 11) is 0. The molecule has 0 aromatic heterocycles. The van der Waals surface area contributed by atoms with Gasteiger partial charge in [0.1, 0.15) is 6.54 Å². The summed E-state index contributed by atoms with van der Waals surface area (Å²) in [4.78, 5) is 12.4. The molecule has 1 aliphatic rings. The number of rotatable bonds is 1. The highest BCUT2D eigenvalue weighted by Gasteiger charge is 2.39. The first-order valence-corrected chi connectivity index (χ1v) is 4.75. The summed E-state index contributed by atoms with van der Waals surface area (Å²) in [5, 5.41) is 0. The Bertz CT molecular complexity index is 285. The van der Waals surface area contributed by atoms with Gasteiger partial charge in [0.15, 0.2) is 0 Å². The maximum atomic E-state index is 12.1. The zero-order valence-electron chi connectivity index (χ0n) is 8.77. The molecule has 5 heteroatoms. The Morgan fingerprint density at radius 1 is 1.40 bits per heavy atom. The van der Waals surface area contributed by atoms with Gasteiger partial charge in [0.05, 0.1) is 0 Å². The van der Waals surface area contributed by atoms with E-state index in [1.165, 1.54) is 0 Å². The van der Waals surface area contributed by atoms with Crippen LogP contribution in [0.25, 0.3) is 0 Å². The molecule has 1 heterocycles. The lowest BCUT2D eigenvalue weighted by molar-refractivity contribution is -0.165. The fourth-order valence-electron chi connectivity index (χ4n) is 1.67. The van der Waals surface area contributed by atoms with Gasteiger partial charge < -0.3 is 4.90 Å². The second-order valence-corrected chi connectivity index (χ2v) is 4.05. The largest absolute Gasteiger partial charge is 0.406 e. The zero-order valence-corrected chi connectivity index (χ0v) is 8.77. The monoisotopic (exact) mass is 221 g/mol. The molecule has 1 fully saturated rings. The van der Waals surface area contributed by atoms with Crippen LogP contribution in [0.15, 0.2) is 12.2 Å². The van der Waals surface area contributed by atoms with Gasteiger partial charge in [-0.2, -0.15) is 13.2 Å². The Labute approximate surface area is 86.7 Å². The first-order chi connectivity index (χ1) is 6.72. The molecule has 0 aromatic carbocycles. The van der Waals surface area contributed by atoms with Crippen molar-refractivity contribution in [2.45, 2.75) is 20.0 Å². The van der Waals surface area contributed by atoms with E-state index >= 15 is 0 Å². The quantitative estimate of drug-likeness (QED) is 0.622. The van der Waals surface area contributed by atoms with Gasteiger partial charge in [-0.25, -0.2) is 0 Å². The number of hydrogen-bond acceptors (Lipinski definition) is 1. The summed E-state index contributed by atoms with van der Waals surface area (Å²) < 4.78 is 36.4. The second kappa shape index (κ2) is 3.87. The Balaban J connectivity index is 2.76. The fraction of sp³-hybridized carbons (Fsp3) is 0.700. The minimum absolute atomic E-state index is 0.0177. The number of amides is 1.